The van der Waals surface area contributed by atoms with E-state index in [-0.39, 0.29) is 17.8 Å². The number of carbonyl (C=O) groups is 1. The molecule has 2 aromatic rings. The third kappa shape index (κ3) is 4.66. The van der Waals surface area contributed by atoms with E-state index in [4.69, 9.17) is 15.2 Å². The number of para-hydroxylation sites is 1. The summed E-state index contributed by atoms with van der Waals surface area (Å²) in [6.07, 6.45) is 4.49. The number of hydrogen-bond acceptors (Lipinski definition) is 5. The van der Waals surface area contributed by atoms with Crippen molar-refractivity contribution in [3.05, 3.63) is 35.5 Å². The van der Waals surface area contributed by atoms with Gasteiger partial charge in [-0.2, -0.15) is 0 Å². The molecule has 6 heteroatoms. The van der Waals surface area contributed by atoms with Gasteiger partial charge < -0.3 is 25.3 Å². The number of rotatable bonds is 9. The van der Waals surface area contributed by atoms with Crippen molar-refractivity contribution in [1.29, 1.82) is 0 Å². The number of H-pyrrole nitrogens is 1. The highest BCUT2D eigenvalue weighted by molar-refractivity contribution is 5.90. The number of benzene rings is 1. The van der Waals surface area contributed by atoms with Gasteiger partial charge in [-0.15, -0.1) is 0 Å². The largest absolute Gasteiger partial charge is 0.468 e. The summed E-state index contributed by atoms with van der Waals surface area (Å²) in [5, 5.41) is 12.4. The van der Waals surface area contributed by atoms with Crippen molar-refractivity contribution >= 4 is 16.9 Å². The number of aromatic amines is 1. The van der Waals surface area contributed by atoms with E-state index in [0.717, 1.165) is 35.0 Å². The van der Waals surface area contributed by atoms with E-state index in [0.29, 0.717) is 38.8 Å². The quantitative estimate of drug-likeness (QED) is 0.527. The molecule has 0 spiro atoms. The Kier molecular flexibility index (Phi) is 7.45. The number of aromatic nitrogens is 1. The molecule has 1 fully saturated rings. The van der Waals surface area contributed by atoms with E-state index in [1.54, 1.807) is 7.11 Å². The van der Waals surface area contributed by atoms with E-state index in [2.05, 4.69) is 18.0 Å². The SMILES string of the molecule is COCCC1(O)CC(C[C@@](C)(C(=O)OC)c2[nH]c3ccccc3c2CCN)CCC1C. The Balaban J connectivity index is 1.98. The Bertz CT molecular complexity index is 895. The molecule has 0 amide bonds. The normalized spacial score (nSPS) is 26.0. The van der Waals surface area contributed by atoms with Gasteiger partial charge in [-0.1, -0.05) is 25.1 Å². The monoisotopic (exact) mass is 430 g/mol. The number of fused-ring (bicyclic) bond motifs is 1. The second kappa shape index (κ2) is 9.72. The minimum absolute atomic E-state index is 0.208. The summed E-state index contributed by atoms with van der Waals surface area (Å²) < 4.78 is 10.6. The molecule has 0 aliphatic heterocycles. The number of ether oxygens (including phenoxy) is 2. The molecule has 1 aliphatic rings. The highest BCUT2D eigenvalue weighted by Crippen LogP contribution is 2.45. The predicted molar refractivity (Wildman–Crippen MR) is 123 cm³/mol. The van der Waals surface area contributed by atoms with Crippen molar-refractivity contribution in [2.75, 3.05) is 27.4 Å². The summed E-state index contributed by atoms with van der Waals surface area (Å²) in [5.41, 5.74) is 7.32. The van der Waals surface area contributed by atoms with Crippen LogP contribution < -0.4 is 5.73 Å². The van der Waals surface area contributed by atoms with Gasteiger partial charge in [-0.05, 0) is 75.5 Å². The molecular weight excluding hydrogens is 392 g/mol. The van der Waals surface area contributed by atoms with Gasteiger partial charge in [-0.3, -0.25) is 4.79 Å². The van der Waals surface area contributed by atoms with Crippen molar-refractivity contribution in [2.45, 2.75) is 63.4 Å². The molecule has 0 saturated heterocycles. The van der Waals surface area contributed by atoms with Gasteiger partial charge in [0.2, 0.25) is 0 Å². The third-order valence-electron chi connectivity index (χ3n) is 7.40. The molecule has 0 radical (unpaired) electrons. The van der Waals surface area contributed by atoms with Crippen molar-refractivity contribution in [3.63, 3.8) is 0 Å². The molecule has 3 unspecified atom stereocenters. The highest BCUT2D eigenvalue weighted by atomic mass is 16.5. The number of methoxy groups -OCH3 is 2. The van der Waals surface area contributed by atoms with Gasteiger partial charge in [0.05, 0.1) is 12.7 Å². The number of hydrogen-bond donors (Lipinski definition) is 3. The van der Waals surface area contributed by atoms with Crippen LogP contribution in [0.15, 0.2) is 24.3 Å². The lowest BCUT2D eigenvalue weighted by Gasteiger charge is -2.44. The van der Waals surface area contributed by atoms with Gasteiger partial charge in [0.1, 0.15) is 5.41 Å². The molecule has 6 nitrogen and oxygen atoms in total. The standard InChI is InChI=1S/C25H38N2O4/c1-17-9-10-18(16-25(17,29)12-14-30-3)15-24(2,23(28)31-4)22-20(11-13-26)19-7-5-6-8-21(19)27-22/h5-8,17-18,27,29H,9-16,26H2,1-4H3/t17?,18?,24-,25?/m1/s1. The topological polar surface area (TPSA) is 97.6 Å². The summed E-state index contributed by atoms with van der Waals surface area (Å²) in [7, 11) is 3.11. The van der Waals surface area contributed by atoms with Gasteiger partial charge in [0.25, 0.3) is 0 Å². The van der Waals surface area contributed by atoms with Gasteiger partial charge in [0.15, 0.2) is 0 Å². The zero-order valence-electron chi connectivity index (χ0n) is 19.4. The fraction of sp³-hybridized carbons (Fsp3) is 0.640. The summed E-state index contributed by atoms with van der Waals surface area (Å²) in [4.78, 5) is 16.7. The molecule has 1 heterocycles. The molecule has 1 aromatic carbocycles. The summed E-state index contributed by atoms with van der Waals surface area (Å²) in [5.74, 6) is 0.167. The lowest BCUT2D eigenvalue weighted by atomic mass is 9.65. The molecule has 1 aromatic heterocycles. The van der Waals surface area contributed by atoms with E-state index in [1.807, 2.05) is 25.1 Å². The van der Waals surface area contributed by atoms with Crippen LogP contribution in [0, 0.1) is 11.8 Å². The first-order valence-electron chi connectivity index (χ1n) is 11.4. The summed E-state index contributed by atoms with van der Waals surface area (Å²) in [6.45, 7) is 5.12. The summed E-state index contributed by atoms with van der Waals surface area (Å²) >= 11 is 0. The van der Waals surface area contributed by atoms with Crippen LogP contribution in [0.3, 0.4) is 0 Å². The fourth-order valence-electron chi connectivity index (χ4n) is 5.52. The molecule has 1 saturated carbocycles. The van der Waals surface area contributed by atoms with Crippen LogP contribution in [-0.2, 0) is 26.1 Å². The second-order valence-electron chi connectivity index (χ2n) is 9.49. The maximum Gasteiger partial charge on any atom is 0.317 e. The lowest BCUT2D eigenvalue weighted by Crippen LogP contribution is -2.46. The molecule has 31 heavy (non-hydrogen) atoms. The Hall–Kier alpha value is -1.89. The highest BCUT2D eigenvalue weighted by Gasteiger charge is 2.46. The van der Waals surface area contributed by atoms with Gasteiger partial charge in [-0.25, -0.2) is 0 Å². The number of nitrogens with one attached hydrogen (secondary N) is 1. The first kappa shape index (κ1) is 23.8. The third-order valence-corrected chi connectivity index (χ3v) is 7.40. The average Bonchev–Trinajstić information content (AvgIpc) is 3.14. The van der Waals surface area contributed by atoms with Crippen LogP contribution in [0.25, 0.3) is 10.9 Å². The van der Waals surface area contributed by atoms with Crippen LogP contribution in [-0.4, -0.2) is 49.0 Å². The Morgan fingerprint density at radius 1 is 1.32 bits per heavy atom. The van der Waals surface area contributed by atoms with E-state index < -0.39 is 11.0 Å². The Labute approximate surface area is 185 Å². The minimum atomic E-state index is -0.842. The molecule has 172 valence electrons. The van der Waals surface area contributed by atoms with Crippen LogP contribution in [0.1, 0.15) is 57.2 Å². The van der Waals surface area contributed by atoms with Crippen LogP contribution in [0.4, 0.5) is 0 Å². The lowest BCUT2D eigenvalue weighted by molar-refractivity contribution is -0.149. The average molecular weight is 431 g/mol. The molecule has 4 N–H and O–H groups in total. The van der Waals surface area contributed by atoms with Crippen molar-refractivity contribution in [3.8, 4) is 0 Å². The smallest absolute Gasteiger partial charge is 0.317 e. The first-order chi connectivity index (χ1) is 14.8. The molecular formula is C25H38N2O4. The zero-order chi connectivity index (χ0) is 22.6. The van der Waals surface area contributed by atoms with Gasteiger partial charge >= 0.3 is 5.97 Å². The minimum Gasteiger partial charge on any atom is -0.468 e. The second-order valence-corrected chi connectivity index (χ2v) is 9.49. The van der Waals surface area contributed by atoms with Gasteiger partial charge in [0, 0.05) is 30.3 Å². The van der Waals surface area contributed by atoms with Crippen molar-refractivity contribution in [1.82, 2.24) is 4.98 Å². The fourth-order valence-corrected chi connectivity index (χ4v) is 5.52. The molecule has 4 atom stereocenters. The number of carbonyl (C=O) groups excluding carboxylic acids is 1. The maximum atomic E-state index is 13.2. The first-order valence-corrected chi connectivity index (χ1v) is 11.4. The summed E-state index contributed by atoms with van der Waals surface area (Å²) in [6, 6.07) is 8.10. The molecule has 3 rings (SSSR count). The number of aliphatic hydroxyl groups is 1. The van der Waals surface area contributed by atoms with Crippen molar-refractivity contribution < 1.29 is 19.4 Å². The van der Waals surface area contributed by atoms with E-state index in [1.165, 1.54) is 7.11 Å². The van der Waals surface area contributed by atoms with Crippen LogP contribution >= 0.6 is 0 Å². The Morgan fingerprint density at radius 2 is 2.06 bits per heavy atom. The van der Waals surface area contributed by atoms with Crippen LogP contribution in [0.5, 0.6) is 0 Å². The van der Waals surface area contributed by atoms with Crippen LogP contribution in [0.2, 0.25) is 0 Å². The predicted octanol–water partition coefficient (Wildman–Crippen LogP) is 3.69. The van der Waals surface area contributed by atoms with E-state index in [9.17, 15) is 9.90 Å². The number of nitrogens with two attached hydrogens (primary N) is 1. The van der Waals surface area contributed by atoms with E-state index >= 15 is 0 Å². The molecule has 1 aliphatic carbocycles. The maximum absolute atomic E-state index is 13.2. The molecule has 0 bridgehead atoms. The number of esters is 1. The zero-order valence-corrected chi connectivity index (χ0v) is 19.4. The van der Waals surface area contributed by atoms with Crippen molar-refractivity contribution in [2.24, 2.45) is 17.6 Å². The Morgan fingerprint density at radius 3 is 2.74 bits per heavy atom.